The molecule has 5 nitrogen and oxygen atoms in total. The summed E-state index contributed by atoms with van der Waals surface area (Å²) in [6, 6.07) is 17.7. The summed E-state index contributed by atoms with van der Waals surface area (Å²) in [5, 5.41) is 0. The topological polar surface area (TPSA) is 47.4 Å². The molecule has 25 heavy (non-hydrogen) atoms. The van der Waals surface area contributed by atoms with Crippen molar-refractivity contribution in [1.82, 2.24) is 9.55 Å². The molecule has 0 spiro atoms. The molecule has 0 N–H and O–H groups in total. The van der Waals surface area contributed by atoms with Crippen molar-refractivity contribution in [2.24, 2.45) is 0 Å². The molecule has 0 atom stereocenters. The normalized spacial score (nSPS) is 11.2. The Balaban J connectivity index is 1.96. The van der Waals surface area contributed by atoms with Gasteiger partial charge < -0.3 is 14.2 Å². The van der Waals surface area contributed by atoms with Gasteiger partial charge in [-0.15, -0.1) is 0 Å². The number of nitrogens with zero attached hydrogens (tertiary/aromatic N) is 3. The number of aromatic nitrogens is 2. The molecule has 3 rings (SSSR count). The predicted octanol–water partition coefficient (Wildman–Crippen LogP) is 3.62. The highest BCUT2D eigenvalue weighted by molar-refractivity contribution is 5.94. The summed E-state index contributed by atoms with van der Waals surface area (Å²) in [6.07, 6.45) is 0. The molecular weight excluding hydrogens is 314 g/mol. The minimum Gasteiger partial charge on any atom is -0.377 e. The zero-order valence-electron chi connectivity index (χ0n) is 14.8. The third-order valence-corrected chi connectivity index (χ3v) is 4.12. The van der Waals surface area contributed by atoms with Crippen LogP contribution in [0, 0.1) is 0 Å². The molecule has 130 valence electrons. The van der Waals surface area contributed by atoms with Gasteiger partial charge in [0.05, 0.1) is 11.0 Å². The van der Waals surface area contributed by atoms with Crippen LogP contribution in [0.2, 0.25) is 0 Å². The molecule has 0 saturated carbocycles. The average molecular weight is 337 g/mol. The van der Waals surface area contributed by atoms with Gasteiger partial charge in [-0.1, -0.05) is 30.3 Å². The highest BCUT2D eigenvalue weighted by atomic mass is 16.5. The summed E-state index contributed by atoms with van der Waals surface area (Å²) in [7, 11) is 1.63. The van der Waals surface area contributed by atoms with Gasteiger partial charge in [0.15, 0.2) is 0 Å². The van der Waals surface area contributed by atoms with Gasteiger partial charge >= 0.3 is 0 Å². The molecule has 1 amide bonds. The Bertz CT molecular complexity index is 856. The second kappa shape index (κ2) is 7.49. The zero-order valence-corrected chi connectivity index (χ0v) is 14.8. The number of carbonyl (C=O) groups excluding carboxylic acids is 1. The zero-order chi connectivity index (χ0) is 17.8. The average Bonchev–Trinajstić information content (AvgIpc) is 2.94. The van der Waals surface area contributed by atoms with Crippen molar-refractivity contribution in [3.05, 3.63) is 60.4 Å². The monoisotopic (exact) mass is 337 g/mol. The fraction of sp³-hybridized carbons (Fsp3) is 0.300. The Morgan fingerprint density at radius 2 is 1.80 bits per heavy atom. The Hall–Kier alpha value is -2.66. The maximum absolute atomic E-state index is 13.1. The van der Waals surface area contributed by atoms with Crippen LogP contribution in [0.15, 0.2) is 54.6 Å². The lowest BCUT2D eigenvalue weighted by atomic mass is 10.2. The number of hydrogen-bond donors (Lipinski definition) is 0. The van der Waals surface area contributed by atoms with Gasteiger partial charge in [0.2, 0.25) is 5.91 Å². The van der Waals surface area contributed by atoms with Gasteiger partial charge in [-0.25, -0.2) is 4.98 Å². The number of benzene rings is 2. The van der Waals surface area contributed by atoms with Crippen molar-refractivity contribution in [3.63, 3.8) is 0 Å². The molecule has 5 heteroatoms. The minimum absolute atomic E-state index is 0.0294. The van der Waals surface area contributed by atoms with Gasteiger partial charge in [-0.2, -0.15) is 0 Å². The quantitative estimate of drug-likeness (QED) is 0.690. The molecule has 0 radical (unpaired) electrons. The molecule has 0 fully saturated rings. The Kier molecular flexibility index (Phi) is 5.14. The van der Waals surface area contributed by atoms with E-state index in [-0.39, 0.29) is 18.5 Å². The molecule has 0 bridgehead atoms. The van der Waals surface area contributed by atoms with Crippen LogP contribution < -0.4 is 4.90 Å². The number of methoxy groups -OCH3 is 1. The highest BCUT2D eigenvalue weighted by Gasteiger charge is 2.21. The van der Waals surface area contributed by atoms with E-state index in [1.165, 1.54) is 0 Å². The number of amides is 1. The third kappa shape index (κ3) is 3.56. The minimum atomic E-state index is 0.0294. The Labute approximate surface area is 147 Å². The second-order valence-electron chi connectivity index (χ2n) is 6.23. The molecule has 1 aromatic heterocycles. The molecule has 1 heterocycles. The Morgan fingerprint density at radius 1 is 1.12 bits per heavy atom. The molecule has 2 aromatic carbocycles. The van der Waals surface area contributed by atoms with E-state index in [1.54, 1.807) is 7.11 Å². The van der Waals surface area contributed by atoms with Crippen LogP contribution in [-0.4, -0.2) is 28.6 Å². The van der Waals surface area contributed by atoms with Gasteiger partial charge in [0, 0.05) is 18.8 Å². The lowest BCUT2D eigenvalue weighted by Gasteiger charge is -2.27. The van der Waals surface area contributed by atoms with Gasteiger partial charge in [-0.3, -0.25) is 4.79 Å². The summed E-state index contributed by atoms with van der Waals surface area (Å²) in [5.41, 5.74) is 2.72. The summed E-state index contributed by atoms with van der Waals surface area (Å²) in [5.74, 6) is 0.788. The van der Waals surface area contributed by atoms with Gasteiger partial charge in [-0.05, 0) is 38.1 Å². The van der Waals surface area contributed by atoms with Crippen LogP contribution in [-0.2, 0) is 22.7 Å². The maximum atomic E-state index is 13.1. The van der Waals surface area contributed by atoms with Crippen LogP contribution in [0.4, 0.5) is 5.69 Å². The number of hydrogen-bond acceptors (Lipinski definition) is 3. The summed E-state index contributed by atoms with van der Waals surface area (Å²) < 4.78 is 7.21. The van der Waals surface area contributed by atoms with Crippen molar-refractivity contribution in [3.8, 4) is 0 Å². The lowest BCUT2D eigenvalue weighted by molar-refractivity contribution is -0.119. The van der Waals surface area contributed by atoms with E-state index in [0.717, 1.165) is 22.5 Å². The molecule has 3 aromatic rings. The largest absolute Gasteiger partial charge is 0.377 e. The van der Waals surface area contributed by atoms with Crippen molar-refractivity contribution >= 4 is 22.6 Å². The van der Waals surface area contributed by atoms with Crippen LogP contribution in [0.3, 0.4) is 0 Å². The first kappa shape index (κ1) is 17.2. The first-order valence-electron chi connectivity index (χ1n) is 8.42. The number of rotatable bonds is 6. The number of ether oxygens (including phenoxy) is 1. The molecule has 0 unspecified atom stereocenters. The van der Waals surface area contributed by atoms with E-state index in [2.05, 4.69) is 4.98 Å². The van der Waals surface area contributed by atoms with Gasteiger partial charge in [0.25, 0.3) is 0 Å². The van der Waals surface area contributed by atoms with E-state index in [9.17, 15) is 4.79 Å². The second-order valence-corrected chi connectivity index (χ2v) is 6.23. The fourth-order valence-corrected chi connectivity index (χ4v) is 3.07. The number of fused-ring (bicyclic) bond motifs is 1. The SMILES string of the molecule is COCc1nc2ccccc2n1CC(=O)N(c1ccccc1)C(C)C. The van der Waals surface area contributed by atoms with Crippen molar-refractivity contribution in [1.29, 1.82) is 0 Å². The standard InChI is InChI=1S/C20H23N3O2/c1-15(2)23(16-9-5-4-6-10-16)20(24)13-22-18-12-8-7-11-17(18)21-19(22)14-25-3/h4-12,15H,13-14H2,1-3H3. The van der Waals surface area contributed by atoms with E-state index in [0.29, 0.717) is 6.61 Å². The van der Waals surface area contributed by atoms with Crippen LogP contribution in [0.5, 0.6) is 0 Å². The summed E-state index contributed by atoms with van der Waals surface area (Å²) >= 11 is 0. The van der Waals surface area contributed by atoms with E-state index >= 15 is 0 Å². The van der Waals surface area contributed by atoms with Crippen molar-refractivity contribution < 1.29 is 9.53 Å². The lowest BCUT2D eigenvalue weighted by Crippen LogP contribution is -2.39. The Morgan fingerprint density at radius 3 is 2.48 bits per heavy atom. The molecule has 0 aliphatic carbocycles. The summed E-state index contributed by atoms with van der Waals surface area (Å²) in [6.45, 7) is 4.64. The van der Waals surface area contributed by atoms with Crippen LogP contribution in [0.25, 0.3) is 11.0 Å². The number of imidazole rings is 1. The molecular formula is C20H23N3O2. The molecule has 0 aliphatic rings. The predicted molar refractivity (Wildman–Crippen MR) is 99.5 cm³/mol. The van der Waals surface area contributed by atoms with E-state index in [4.69, 9.17) is 4.74 Å². The van der Waals surface area contributed by atoms with Crippen LogP contribution in [0.1, 0.15) is 19.7 Å². The van der Waals surface area contributed by atoms with E-state index < -0.39 is 0 Å². The van der Waals surface area contributed by atoms with Gasteiger partial charge in [0.1, 0.15) is 19.0 Å². The van der Waals surface area contributed by atoms with E-state index in [1.807, 2.05) is 77.9 Å². The van der Waals surface area contributed by atoms with Crippen molar-refractivity contribution in [2.75, 3.05) is 12.0 Å². The maximum Gasteiger partial charge on any atom is 0.247 e. The first-order valence-corrected chi connectivity index (χ1v) is 8.42. The smallest absolute Gasteiger partial charge is 0.247 e. The molecule has 0 aliphatic heterocycles. The highest BCUT2D eigenvalue weighted by Crippen LogP contribution is 2.20. The molecule has 0 saturated heterocycles. The third-order valence-electron chi connectivity index (χ3n) is 4.12. The number of anilines is 1. The summed E-state index contributed by atoms with van der Waals surface area (Å²) in [4.78, 5) is 19.5. The number of para-hydroxylation sites is 3. The van der Waals surface area contributed by atoms with Crippen LogP contribution >= 0.6 is 0 Å². The number of carbonyl (C=O) groups is 1. The first-order chi connectivity index (χ1) is 12.1. The fourth-order valence-electron chi connectivity index (χ4n) is 3.07. The van der Waals surface area contributed by atoms with Crippen molar-refractivity contribution in [2.45, 2.75) is 33.0 Å².